The summed E-state index contributed by atoms with van der Waals surface area (Å²) in [5.74, 6) is 2.44. The van der Waals surface area contributed by atoms with Crippen LogP contribution in [0.2, 0.25) is 0 Å². The van der Waals surface area contributed by atoms with E-state index in [4.69, 9.17) is 0 Å². The molecule has 1 heterocycles. The van der Waals surface area contributed by atoms with Crippen LogP contribution in [0.15, 0.2) is 0 Å². The molecule has 1 aliphatic heterocycles. The van der Waals surface area contributed by atoms with Crippen molar-refractivity contribution in [3.63, 3.8) is 0 Å². The van der Waals surface area contributed by atoms with Crippen molar-refractivity contribution in [1.29, 1.82) is 0 Å². The summed E-state index contributed by atoms with van der Waals surface area (Å²) in [6, 6.07) is 0. The third-order valence-electron chi connectivity index (χ3n) is 2.55. The fraction of sp³-hybridized carbons (Fsp3) is 0.900. The molecule has 2 N–H and O–H groups in total. The highest BCUT2D eigenvalue weighted by Gasteiger charge is 2.22. The third-order valence-corrected chi connectivity index (χ3v) is 3.71. The van der Waals surface area contributed by atoms with Crippen molar-refractivity contribution in [3.05, 3.63) is 0 Å². The van der Waals surface area contributed by atoms with Gasteiger partial charge in [-0.15, -0.1) is 0 Å². The Hall–Kier alpha value is -0.220. The van der Waals surface area contributed by atoms with Gasteiger partial charge in [0.2, 0.25) is 5.91 Å². The maximum atomic E-state index is 11.5. The van der Waals surface area contributed by atoms with Crippen molar-refractivity contribution in [3.8, 4) is 0 Å². The van der Waals surface area contributed by atoms with Crippen LogP contribution >= 0.6 is 11.8 Å². The van der Waals surface area contributed by atoms with Gasteiger partial charge in [-0.25, -0.2) is 0 Å². The predicted octanol–water partition coefficient (Wildman–Crippen LogP) is 1.02. The first-order chi connectivity index (χ1) is 6.74. The zero-order valence-electron chi connectivity index (χ0n) is 8.66. The van der Waals surface area contributed by atoms with Gasteiger partial charge in [-0.1, -0.05) is 6.92 Å². The highest BCUT2D eigenvalue weighted by atomic mass is 32.2. The van der Waals surface area contributed by atoms with Crippen LogP contribution in [0.5, 0.6) is 0 Å². The van der Waals surface area contributed by atoms with E-state index in [9.17, 15) is 9.90 Å². The topological polar surface area (TPSA) is 49.3 Å². The van der Waals surface area contributed by atoms with Gasteiger partial charge in [0.05, 0.1) is 6.10 Å². The van der Waals surface area contributed by atoms with Gasteiger partial charge < -0.3 is 10.4 Å². The molecule has 0 aromatic carbocycles. The van der Waals surface area contributed by atoms with Crippen LogP contribution in [-0.2, 0) is 4.79 Å². The van der Waals surface area contributed by atoms with Gasteiger partial charge in [0.25, 0.3) is 0 Å². The second-order valence-electron chi connectivity index (χ2n) is 3.70. The molecule has 0 bridgehead atoms. The number of hydrogen-bond donors (Lipinski definition) is 2. The summed E-state index contributed by atoms with van der Waals surface area (Å²) >= 11 is 1.84. The third kappa shape index (κ3) is 3.88. The molecule has 4 heteroatoms. The van der Waals surface area contributed by atoms with Crippen LogP contribution in [-0.4, -0.2) is 35.2 Å². The number of thioether (sulfide) groups is 1. The minimum absolute atomic E-state index is 0.165. The van der Waals surface area contributed by atoms with Gasteiger partial charge in [-0.05, 0) is 25.0 Å². The lowest BCUT2D eigenvalue weighted by Crippen LogP contribution is -2.32. The van der Waals surface area contributed by atoms with Crippen LogP contribution in [0.4, 0.5) is 0 Å². The van der Waals surface area contributed by atoms with Gasteiger partial charge in [-0.2, -0.15) is 11.8 Å². The molecular formula is C10H19NO2S. The van der Waals surface area contributed by atoms with Crippen LogP contribution in [0.3, 0.4) is 0 Å². The molecule has 1 rings (SSSR count). The first kappa shape index (κ1) is 11.9. The molecule has 0 aromatic rings. The number of rotatable bonds is 5. The maximum Gasteiger partial charge on any atom is 0.223 e. The fourth-order valence-corrected chi connectivity index (χ4v) is 2.67. The molecule has 1 fully saturated rings. The van der Waals surface area contributed by atoms with Gasteiger partial charge in [0.15, 0.2) is 0 Å². The summed E-state index contributed by atoms with van der Waals surface area (Å²) in [7, 11) is 0. The number of hydrogen-bond acceptors (Lipinski definition) is 3. The summed E-state index contributed by atoms with van der Waals surface area (Å²) in [4.78, 5) is 11.5. The van der Waals surface area contributed by atoms with Crippen molar-refractivity contribution in [1.82, 2.24) is 5.32 Å². The minimum Gasteiger partial charge on any atom is -0.393 e. The van der Waals surface area contributed by atoms with E-state index < -0.39 is 0 Å². The first-order valence-electron chi connectivity index (χ1n) is 5.27. The molecule has 1 saturated heterocycles. The Labute approximate surface area is 89.6 Å². The van der Waals surface area contributed by atoms with Crippen molar-refractivity contribution >= 4 is 17.7 Å². The zero-order valence-corrected chi connectivity index (χ0v) is 9.48. The molecule has 1 aliphatic rings. The second kappa shape index (κ2) is 6.30. The van der Waals surface area contributed by atoms with Crippen LogP contribution < -0.4 is 5.32 Å². The fourth-order valence-electron chi connectivity index (χ4n) is 1.45. The van der Waals surface area contributed by atoms with E-state index in [2.05, 4.69) is 5.32 Å². The smallest absolute Gasteiger partial charge is 0.223 e. The van der Waals surface area contributed by atoms with E-state index in [-0.39, 0.29) is 17.9 Å². The quantitative estimate of drug-likeness (QED) is 0.723. The van der Waals surface area contributed by atoms with Crippen LogP contribution in [0.1, 0.15) is 26.2 Å². The molecular weight excluding hydrogens is 198 g/mol. The lowest BCUT2D eigenvalue weighted by molar-refractivity contribution is -0.124. The molecule has 0 radical (unpaired) electrons. The summed E-state index contributed by atoms with van der Waals surface area (Å²) in [6.07, 6.45) is 2.16. The molecule has 14 heavy (non-hydrogen) atoms. The van der Waals surface area contributed by atoms with Crippen molar-refractivity contribution in [2.75, 3.05) is 18.1 Å². The lowest BCUT2D eigenvalue weighted by atomic mass is 10.1. The van der Waals surface area contributed by atoms with Crippen molar-refractivity contribution in [2.45, 2.75) is 32.3 Å². The Bertz CT molecular complexity index is 181. The normalized spacial score (nSPS) is 23.4. The van der Waals surface area contributed by atoms with Gasteiger partial charge >= 0.3 is 0 Å². The van der Waals surface area contributed by atoms with E-state index in [1.165, 1.54) is 0 Å². The Balaban J connectivity index is 2.08. The van der Waals surface area contributed by atoms with Crippen LogP contribution in [0, 0.1) is 5.92 Å². The number of carbonyl (C=O) groups is 1. The van der Waals surface area contributed by atoms with Gasteiger partial charge in [0.1, 0.15) is 0 Å². The summed E-state index contributed by atoms with van der Waals surface area (Å²) in [5, 5.41) is 12.2. The lowest BCUT2D eigenvalue weighted by Gasteiger charge is -2.11. The number of aliphatic hydroxyl groups excluding tert-OH is 1. The molecule has 3 nitrogen and oxygen atoms in total. The average Bonchev–Trinajstić information content (AvgIpc) is 2.70. The average molecular weight is 217 g/mol. The summed E-state index contributed by atoms with van der Waals surface area (Å²) in [5.41, 5.74) is 0. The van der Waals surface area contributed by atoms with E-state index in [1.807, 2.05) is 18.7 Å². The van der Waals surface area contributed by atoms with Crippen molar-refractivity contribution < 1.29 is 9.90 Å². The zero-order chi connectivity index (χ0) is 10.4. The Morgan fingerprint density at radius 2 is 2.50 bits per heavy atom. The standard InChI is InChI=1S/C10H19NO2S/c1-2-9(12)3-5-11-10(13)8-4-6-14-7-8/h8-9,12H,2-7H2,1H3,(H,11,13). The minimum atomic E-state index is -0.270. The largest absolute Gasteiger partial charge is 0.393 e. The molecule has 2 unspecified atom stereocenters. The predicted molar refractivity (Wildman–Crippen MR) is 59.4 cm³/mol. The highest BCUT2D eigenvalue weighted by molar-refractivity contribution is 7.99. The summed E-state index contributed by atoms with van der Waals surface area (Å²) in [6.45, 7) is 2.55. The van der Waals surface area contributed by atoms with E-state index >= 15 is 0 Å². The van der Waals surface area contributed by atoms with Gasteiger partial charge in [-0.3, -0.25) is 4.79 Å². The molecule has 0 saturated carbocycles. The number of amides is 1. The van der Waals surface area contributed by atoms with Gasteiger partial charge in [0, 0.05) is 18.2 Å². The molecule has 82 valence electrons. The van der Waals surface area contributed by atoms with E-state index in [1.54, 1.807) is 0 Å². The Kier molecular flexibility index (Phi) is 5.33. The molecule has 0 aliphatic carbocycles. The molecule has 1 amide bonds. The number of nitrogens with one attached hydrogen (secondary N) is 1. The van der Waals surface area contributed by atoms with E-state index in [0.29, 0.717) is 13.0 Å². The molecule has 0 aromatic heterocycles. The Morgan fingerprint density at radius 3 is 3.07 bits per heavy atom. The Morgan fingerprint density at radius 1 is 1.71 bits per heavy atom. The second-order valence-corrected chi connectivity index (χ2v) is 4.85. The highest BCUT2D eigenvalue weighted by Crippen LogP contribution is 2.23. The first-order valence-corrected chi connectivity index (χ1v) is 6.43. The summed E-state index contributed by atoms with van der Waals surface area (Å²) < 4.78 is 0. The van der Waals surface area contributed by atoms with Crippen molar-refractivity contribution in [2.24, 2.45) is 5.92 Å². The monoisotopic (exact) mass is 217 g/mol. The maximum absolute atomic E-state index is 11.5. The SMILES string of the molecule is CCC(O)CCNC(=O)C1CCSC1. The number of aliphatic hydroxyl groups is 1. The van der Waals surface area contributed by atoms with Crippen LogP contribution in [0.25, 0.3) is 0 Å². The van der Waals surface area contributed by atoms with E-state index in [0.717, 1.165) is 24.3 Å². The molecule has 0 spiro atoms. The number of carbonyl (C=O) groups excluding carboxylic acids is 1. The molecule has 2 atom stereocenters.